The zero-order valence-electron chi connectivity index (χ0n) is 12.0. The van der Waals surface area contributed by atoms with Gasteiger partial charge >= 0.3 is 5.97 Å². The second-order valence-electron chi connectivity index (χ2n) is 5.03. The number of carboxylic acids is 1. The lowest BCUT2D eigenvalue weighted by molar-refractivity contribution is -0.116. The van der Waals surface area contributed by atoms with Gasteiger partial charge in [-0.05, 0) is 36.4 Å². The third kappa shape index (κ3) is 3.19. The zero-order chi connectivity index (χ0) is 16.4. The lowest BCUT2D eigenvalue weighted by Crippen LogP contribution is -2.21. The van der Waals surface area contributed by atoms with Gasteiger partial charge in [0.2, 0.25) is 5.91 Å². The SMILES string of the molecule is O=C(Cn1c(C(=O)O)cc2ccccc21)Nc1ccc(Cl)cc1. The number of hydrogen-bond acceptors (Lipinski definition) is 2. The number of carboxylic acid groups (broad SMARTS) is 1. The van der Waals surface area contributed by atoms with Gasteiger partial charge in [-0.2, -0.15) is 0 Å². The van der Waals surface area contributed by atoms with Crippen molar-refractivity contribution in [3.05, 3.63) is 65.3 Å². The van der Waals surface area contributed by atoms with E-state index < -0.39 is 5.97 Å². The Hall–Kier alpha value is -2.79. The molecule has 0 spiro atoms. The number of halogens is 1. The number of anilines is 1. The summed E-state index contributed by atoms with van der Waals surface area (Å²) in [6, 6.07) is 15.5. The van der Waals surface area contributed by atoms with Crippen molar-refractivity contribution in [2.75, 3.05) is 5.32 Å². The largest absolute Gasteiger partial charge is 0.477 e. The number of nitrogens with zero attached hydrogens (tertiary/aromatic N) is 1. The summed E-state index contributed by atoms with van der Waals surface area (Å²) >= 11 is 5.80. The number of hydrogen-bond donors (Lipinski definition) is 2. The summed E-state index contributed by atoms with van der Waals surface area (Å²) in [5, 5.41) is 13.4. The summed E-state index contributed by atoms with van der Waals surface area (Å²) in [5.41, 5.74) is 1.39. The number of rotatable bonds is 4. The molecule has 0 saturated heterocycles. The van der Waals surface area contributed by atoms with Crippen molar-refractivity contribution in [3.63, 3.8) is 0 Å². The first-order valence-electron chi connectivity index (χ1n) is 6.91. The summed E-state index contributed by atoms with van der Waals surface area (Å²) in [5.74, 6) is -1.38. The number of benzene rings is 2. The highest BCUT2D eigenvalue weighted by molar-refractivity contribution is 6.30. The van der Waals surface area contributed by atoms with Crippen LogP contribution in [0.1, 0.15) is 10.5 Å². The van der Waals surface area contributed by atoms with Gasteiger partial charge in [-0.1, -0.05) is 29.8 Å². The number of para-hydroxylation sites is 1. The molecule has 1 heterocycles. The average molecular weight is 329 g/mol. The van der Waals surface area contributed by atoms with E-state index in [1.807, 2.05) is 18.2 Å². The first kappa shape index (κ1) is 15.1. The van der Waals surface area contributed by atoms with Gasteiger partial charge in [-0.3, -0.25) is 4.79 Å². The number of fused-ring (bicyclic) bond motifs is 1. The van der Waals surface area contributed by atoms with Gasteiger partial charge in [0.1, 0.15) is 12.2 Å². The van der Waals surface area contributed by atoms with E-state index in [1.54, 1.807) is 36.4 Å². The van der Waals surface area contributed by atoms with Crippen LogP contribution in [0.4, 0.5) is 5.69 Å². The quantitative estimate of drug-likeness (QED) is 0.768. The molecule has 0 fully saturated rings. The summed E-state index contributed by atoms with van der Waals surface area (Å²) < 4.78 is 1.49. The average Bonchev–Trinajstić information content (AvgIpc) is 2.89. The molecular weight excluding hydrogens is 316 g/mol. The summed E-state index contributed by atoms with van der Waals surface area (Å²) in [7, 11) is 0. The summed E-state index contributed by atoms with van der Waals surface area (Å²) in [6.07, 6.45) is 0. The Morgan fingerprint density at radius 2 is 1.78 bits per heavy atom. The molecule has 1 aromatic heterocycles. The first-order chi connectivity index (χ1) is 11.0. The number of carbonyl (C=O) groups excluding carboxylic acids is 1. The van der Waals surface area contributed by atoms with Crippen LogP contribution in [0, 0.1) is 0 Å². The van der Waals surface area contributed by atoms with E-state index in [1.165, 1.54) is 4.57 Å². The van der Waals surface area contributed by atoms with Crippen LogP contribution in [-0.4, -0.2) is 21.6 Å². The minimum atomic E-state index is -1.07. The van der Waals surface area contributed by atoms with Crippen molar-refractivity contribution in [3.8, 4) is 0 Å². The smallest absolute Gasteiger partial charge is 0.352 e. The molecule has 3 aromatic rings. The monoisotopic (exact) mass is 328 g/mol. The Kier molecular flexibility index (Phi) is 4.04. The minimum Gasteiger partial charge on any atom is -0.477 e. The van der Waals surface area contributed by atoms with Crippen LogP contribution in [0.2, 0.25) is 5.02 Å². The Balaban J connectivity index is 1.88. The van der Waals surface area contributed by atoms with E-state index in [0.29, 0.717) is 16.2 Å². The van der Waals surface area contributed by atoms with Crippen molar-refractivity contribution in [2.45, 2.75) is 6.54 Å². The van der Waals surface area contributed by atoms with Crippen LogP contribution in [0.5, 0.6) is 0 Å². The van der Waals surface area contributed by atoms with Crippen molar-refractivity contribution < 1.29 is 14.7 Å². The van der Waals surface area contributed by atoms with Crippen LogP contribution in [-0.2, 0) is 11.3 Å². The van der Waals surface area contributed by atoms with Gasteiger partial charge in [0.25, 0.3) is 0 Å². The molecular formula is C17H13ClN2O3. The molecule has 1 amide bonds. The second kappa shape index (κ2) is 6.14. The normalized spacial score (nSPS) is 10.7. The van der Waals surface area contributed by atoms with Crippen LogP contribution in [0.3, 0.4) is 0 Å². The Morgan fingerprint density at radius 1 is 1.09 bits per heavy atom. The molecule has 0 atom stereocenters. The molecule has 0 bridgehead atoms. The summed E-state index contributed by atoms with van der Waals surface area (Å²) in [4.78, 5) is 23.6. The van der Waals surface area contributed by atoms with Gasteiger partial charge in [-0.15, -0.1) is 0 Å². The molecule has 0 unspecified atom stereocenters. The van der Waals surface area contributed by atoms with Crippen molar-refractivity contribution in [2.24, 2.45) is 0 Å². The number of aromatic nitrogens is 1. The zero-order valence-corrected chi connectivity index (χ0v) is 12.7. The molecule has 3 rings (SSSR count). The third-order valence-electron chi connectivity index (χ3n) is 3.46. The fourth-order valence-corrected chi connectivity index (χ4v) is 2.56. The standard InChI is InChI=1S/C17H13ClN2O3/c18-12-5-7-13(8-6-12)19-16(21)10-20-14-4-2-1-3-11(14)9-15(20)17(22)23/h1-9H,10H2,(H,19,21)(H,22,23). The van der Waals surface area contributed by atoms with Gasteiger partial charge in [0, 0.05) is 21.6 Å². The van der Waals surface area contributed by atoms with Crippen LogP contribution < -0.4 is 5.32 Å². The summed E-state index contributed by atoms with van der Waals surface area (Å²) in [6.45, 7) is -0.0855. The van der Waals surface area contributed by atoms with Crippen LogP contribution >= 0.6 is 11.6 Å². The van der Waals surface area contributed by atoms with E-state index in [0.717, 1.165) is 5.39 Å². The molecule has 5 nitrogen and oxygen atoms in total. The highest BCUT2D eigenvalue weighted by Gasteiger charge is 2.16. The highest BCUT2D eigenvalue weighted by Crippen LogP contribution is 2.20. The van der Waals surface area contributed by atoms with Crippen LogP contribution in [0.25, 0.3) is 10.9 Å². The van der Waals surface area contributed by atoms with Crippen molar-refractivity contribution >= 4 is 40.1 Å². The maximum Gasteiger partial charge on any atom is 0.352 e. The Labute approximate surface area is 137 Å². The molecule has 0 aliphatic heterocycles. The number of nitrogens with one attached hydrogen (secondary N) is 1. The minimum absolute atomic E-state index is 0.0810. The fraction of sp³-hybridized carbons (Fsp3) is 0.0588. The highest BCUT2D eigenvalue weighted by atomic mass is 35.5. The number of amides is 1. The number of aromatic carboxylic acids is 1. The van der Waals surface area contributed by atoms with Gasteiger partial charge in [0.15, 0.2) is 0 Å². The lowest BCUT2D eigenvalue weighted by atomic mass is 10.2. The topological polar surface area (TPSA) is 71.3 Å². The third-order valence-corrected chi connectivity index (χ3v) is 3.71. The number of carbonyl (C=O) groups is 2. The van der Waals surface area contributed by atoms with Gasteiger partial charge in [-0.25, -0.2) is 4.79 Å². The van der Waals surface area contributed by atoms with Crippen molar-refractivity contribution in [1.29, 1.82) is 0 Å². The maximum atomic E-state index is 12.2. The van der Waals surface area contributed by atoms with E-state index in [9.17, 15) is 14.7 Å². The molecule has 2 N–H and O–H groups in total. The predicted octanol–water partition coefficient (Wildman–Crippen LogP) is 3.63. The van der Waals surface area contributed by atoms with Crippen LogP contribution in [0.15, 0.2) is 54.6 Å². The molecule has 0 radical (unpaired) electrons. The Bertz CT molecular complexity index is 884. The molecule has 0 aliphatic rings. The molecule has 0 aliphatic carbocycles. The fourth-order valence-electron chi connectivity index (χ4n) is 2.44. The molecule has 2 aromatic carbocycles. The molecule has 23 heavy (non-hydrogen) atoms. The van der Waals surface area contributed by atoms with E-state index in [-0.39, 0.29) is 18.1 Å². The second-order valence-corrected chi connectivity index (χ2v) is 5.47. The lowest BCUT2D eigenvalue weighted by Gasteiger charge is -2.09. The molecule has 116 valence electrons. The first-order valence-corrected chi connectivity index (χ1v) is 7.29. The van der Waals surface area contributed by atoms with E-state index in [2.05, 4.69) is 5.32 Å². The molecule has 6 heteroatoms. The Morgan fingerprint density at radius 3 is 2.48 bits per heavy atom. The predicted molar refractivity (Wildman–Crippen MR) is 89.0 cm³/mol. The van der Waals surface area contributed by atoms with Gasteiger partial charge < -0.3 is 15.0 Å². The van der Waals surface area contributed by atoms with Crippen molar-refractivity contribution in [1.82, 2.24) is 4.57 Å². The maximum absolute atomic E-state index is 12.2. The molecule has 0 saturated carbocycles. The van der Waals surface area contributed by atoms with Gasteiger partial charge in [0.05, 0.1) is 0 Å². The van der Waals surface area contributed by atoms with E-state index in [4.69, 9.17) is 11.6 Å². The van der Waals surface area contributed by atoms with E-state index >= 15 is 0 Å².